The molecule has 1 atom stereocenters. The van der Waals surface area contributed by atoms with Crippen LogP contribution in [-0.2, 0) is 17.7 Å². The number of nitrogens with zero attached hydrogens (tertiary/aromatic N) is 2. The lowest BCUT2D eigenvalue weighted by Crippen LogP contribution is -2.21. The molecule has 1 N–H and O–H groups in total. The van der Waals surface area contributed by atoms with Crippen molar-refractivity contribution in [1.82, 2.24) is 9.55 Å². The maximum atomic E-state index is 10.2. The Bertz CT molecular complexity index is 795. The summed E-state index contributed by atoms with van der Waals surface area (Å²) < 4.78 is 7.07. The fraction of sp³-hybridized carbons (Fsp3) is 0.286. The molecule has 130 valence electrons. The van der Waals surface area contributed by atoms with Crippen molar-refractivity contribution >= 4 is 0 Å². The van der Waals surface area contributed by atoms with E-state index in [9.17, 15) is 5.11 Å². The van der Waals surface area contributed by atoms with Crippen molar-refractivity contribution in [2.45, 2.75) is 26.0 Å². The van der Waals surface area contributed by atoms with Gasteiger partial charge < -0.3 is 14.4 Å². The number of hydrogen-bond donors (Lipinski definition) is 1. The predicted molar refractivity (Wildman–Crippen MR) is 100 cm³/mol. The van der Waals surface area contributed by atoms with Crippen molar-refractivity contribution in [2.75, 3.05) is 13.7 Å². The molecular formula is C21H24N2O2. The van der Waals surface area contributed by atoms with Crippen molar-refractivity contribution < 1.29 is 9.84 Å². The van der Waals surface area contributed by atoms with Crippen LogP contribution in [0.15, 0.2) is 60.9 Å². The van der Waals surface area contributed by atoms with E-state index in [1.165, 1.54) is 5.56 Å². The highest BCUT2D eigenvalue weighted by Gasteiger charge is 2.17. The van der Waals surface area contributed by atoms with Crippen molar-refractivity contribution in [1.29, 1.82) is 0 Å². The molecule has 0 fully saturated rings. The molecular weight excluding hydrogens is 312 g/mol. The summed E-state index contributed by atoms with van der Waals surface area (Å²) in [5, 5.41) is 10.2. The third-order valence-electron chi connectivity index (χ3n) is 4.29. The molecule has 1 aromatic heterocycles. The summed E-state index contributed by atoms with van der Waals surface area (Å²) in [6.45, 7) is 2.89. The van der Waals surface area contributed by atoms with Crippen molar-refractivity contribution in [3.05, 3.63) is 66.5 Å². The van der Waals surface area contributed by atoms with Gasteiger partial charge in [-0.25, -0.2) is 4.98 Å². The number of hydrogen-bond acceptors (Lipinski definition) is 3. The highest BCUT2D eigenvalue weighted by molar-refractivity contribution is 5.78. The third kappa shape index (κ3) is 3.98. The number of aliphatic hydroxyl groups excluding tert-OH is 1. The van der Waals surface area contributed by atoms with Gasteiger partial charge >= 0.3 is 0 Å². The van der Waals surface area contributed by atoms with Crippen molar-refractivity contribution in [2.24, 2.45) is 0 Å². The fourth-order valence-corrected chi connectivity index (χ4v) is 3.00. The quantitative estimate of drug-likeness (QED) is 0.714. The summed E-state index contributed by atoms with van der Waals surface area (Å²) in [5.74, 6) is 0. The van der Waals surface area contributed by atoms with Gasteiger partial charge in [0.25, 0.3) is 0 Å². The molecule has 1 unspecified atom stereocenters. The Morgan fingerprint density at radius 2 is 1.76 bits per heavy atom. The highest BCUT2D eigenvalue weighted by Crippen LogP contribution is 2.31. The number of aliphatic hydroxyl groups is 1. The van der Waals surface area contributed by atoms with E-state index in [4.69, 9.17) is 4.74 Å². The third-order valence-corrected chi connectivity index (χ3v) is 4.29. The topological polar surface area (TPSA) is 47.3 Å². The number of aryl methyl sites for hydroxylation is 1. The summed E-state index contributed by atoms with van der Waals surface area (Å²) in [5.41, 5.74) is 5.41. The molecule has 0 saturated heterocycles. The number of rotatable bonds is 7. The molecule has 3 aromatic rings. The monoisotopic (exact) mass is 336 g/mol. The van der Waals surface area contributed by atoms with Crippen LogP contribution in [0.25, 0.3) is 22.5 Å². The summed E-state index contributed by atoms with van der Waals surface area (Å²) >= 11 is 0. The summed E-state index contributed by atoms with van der Waals surface area (Å²) in [7, 11) is 1.59. The first-order valence-electron chi connectivity index (χ1n) is 8.59. The predicted octanol–water partition coefficient (Wildman–Crippen LogP) is 3.79. The number of methoxy groups -OCH3 is 1. The number of ether oxygens (including phenoxy) is 1. The first-order valence-corrected chi connectivity index (χ1v) is 8.59. The van der Waals surface area contributed by atoms with E-state index in [1.807, 2.05) is 22.8 Å². The normalized spacial score (nSPS) is 12.3. The van der Waals surface area contributed by atoms with Gasteiger partial charge in [-0.15, -0.1) is 0 Å². The molecule has 25 heavy (non-hydrogen) atoms. The van der Waals surface area contributed by atoms with E-state index in [2.05, 4.69) is 48.3 Å². The second-order valence-corrected chi connectivity index (χ2v) is 6.12. The van der Waals surface area contributed by atoms with Crippen LogP contribution in [0.1, 0.15) is 12.5 Å². The zero-order chi connectivity index (χ0) is 17.6. The Balaban J connectivity index is 2.05. The molecule has 0 aliphatic carbocycles. The molecule has 0 spiro atoms. The minimum atomic E-state index is -0.573. The minimum Gasteiger partial charge on any atom is -0.389 e. The van der Waals surface area contributed by atoms with E-state index in [0.29, 0.717) is 13.2 Å². The van der Waals surface area contributed by atoms with Gasteiger partial charge in [0.15, 0.2) is 0 Å². The van der Waals surface area contributed by atoms with Gasteiger partial charge in [0.1, 0.15) is 0 Å². The average Bonchev–Trinajstić information content (AvgIpc) is 3.06. The number of imidazole rings is 1. The molecule has 0 radical (unpaired) electrons. The highest BCUT2D eigenvalue weighted by atomic mass is 16.5. The first-order chi connectivity index (χ1) is 12.2. The van der Waals surface area contributed by atoms with Gasteiger partial charge in [-0.05, 0) is 12.0 Å². The summed E-state index contributed by atoms with van der Waals surface area (Å²) in [6.07, 6.45) is 2.23. The molecule has 0 aliphatic heterocycles. The lowest BCUT2D eigenvalue weighted by molar-refractivity contribution is 0.0539. The molecule has 0 bridgehead atoms. The molecule has 3 rings (SSSR count). The van der Waals surface area contributed by atoms with E-state index < -0.39 is 6.10 Å². The Kier molecular flexibility index (Phi) is 5.64. The zero-order valence-electron chi connectivity index (χ0n) is 14.7. The zero-order valence-corrected chi connectivity index (χ0v) is 14.7. The maximum Gasteiger partial charge on any atom is 0.0963 e. The molecule has 0 amide bonds. The molecule has 1 heterocycles. The van der Waals surface area contributed by atoms with E-state index >= 15 is 0 Å². The number of benzene rings is 2. The molecule has 0 saturated carbocycles. The molecule has 4 heteroatoms. The standard InChI is InChI=1S/C21H24N2O2/c1-3-16-9-11-18(12-10-16)21-20(17-7-5-4-6-8-17)22-15-23(21)13-19(24)14-25-2/h4-12,15,19,24H,3,13-14H2,1-2H3. The van der Waals surface area contributed by atoms with Crippen LogP contribution in [-0.4, -0.2) is 34.5 Å². The van der Waals surface area contributed by atoms with E-state index in [0.717, 1.165) is 28.9 Å². The van der Waals surface area contributed by atoms with Crippen LogP contribution >= 0.6 is 0 Å². The molecule has 4 nitrogen and oxygen atoms in total. The van der Waals surface area contributed by atoms with Crippen LogP contribution in [0.4, 0.5) is 0 Å². The van der Waals surface area contributed by atoms with Crippen molar-refractivity contribution in [3.8, 4) is 22.5 Å². The van der Waals surface area contributed by atoms with Gasteiger partial charge in [-0.3, -0.25) is 0 Å². The van der Waals surface area contributed by atoms with Crippen LogP contribution in [0.5, 0.6) is 0 Å². The van der Waals surface area contributed by atoms with E-state index in [-0.39, 0.29) is 0 Å². The summed E-state index contributed by atoms with van der Waals surface area (Å²) in [4.78, 5) is 4.63. The Labute approximate surface area is 148 Å². The van der Waals surface area contributed by atoms with Crippen LogP contribution in [0, 0.1) is 0 Å². The van der Waals surface area contributed by atoms with Crippen LogP contribution in [0.3, 0.4) is 0 Å². The molecule has 0 aliphatic rings. The smallest absolute Gasteiger partial charge is 0.0963 e. The minimum absolute atomic E-state index is 0.299. The van der Waals surface area contributed by atoms with Crippen molar-refractivity contribution in [3.63, 3.8) is 0 Å². The lowest BCUT2D eigenvalue weighted by atomic mass is 10.0. The fourth-order valence-electron chi connectivity index (χ4n) is 3.00. The van der Waals surface area contributed by atoms with Gasteiger partial charge in [-0.2, -0.15) is 0 Å². The SMILES string of the molecule is CCc1ccc(-c2c(-c3ccccc3)ncn2CC(O)COC)cc1. The average molecular weight is 336 g/mol. The number of aromatic nitrogens is 2. The Morgan fingerprint density at radius 3 is 2.40 bits per heavy atom. The van der Waals surface area contributed by atoms with Gasteiger partial charge in [-0.1, -0.05) is 61.5 Å². The van der Waals surface area contributed by atoms with Gasteiger partial charge in [0, 0.05) is 18.2 Å². The molecule has 2 aromatic carbocycles. The largest absolute Gasteiger partial charge is 0.389 e. The second-order valence-electron chi connectivity index (χ2n) is 6.12. The maximum absolute atomic E-state index is 10.2. The van der Waals surface area contributed by atoms with Gasteiger partial charge in [0.05, 0.1) is 37.0 Å². The first kappa shape index (κ1) is 17.4. The van der Waals surface area contributed by atoms with E-state index in [1.54, 1.807) is 13.4 Å². The summed E-state index contributed by atoms with van der Waals surface area (Å²) in [6, 6.07) is 18.7. The van der Waals surface area contributed by atoms with Gasteiger partial charge in [0.2, 0.25) is 0 Å². The Morgan fingerprint density at radius 1 is 1.04 bits per heavy atom. The van der Waals surface area contributed by atoms with Crippen LogP contribution in [0.2, 0.25) is 0 Å². The second kappa shape index (κ2) is 8.10. The lowest BCUT2D eigenvalue weighted by Gasteiger charge is -2.15. The Hall–Kier alpha value is -2.43. The van der Waals surface area contributed by atoms with Crippen LogP contribution < -0.4 is 0 Å².